The third kappa shape index (κ3) is 3.37. The maximum atomic E-state index is 10.2. The Morgan fingerprint density at radius 3 is 2.54 bits per heavy atom. The number of rotatable bonds is 2. The number of hydrogen-bond donors (Lipinski definition) is 3. The van der Waals surface area contributed by atoms with Gasteiger partial charge in [-0.25, -0.2) is 0 Å². The summed E-state index contributed by atoms with van der Waals surface area (Å²) in [7, 11) is 1.67. The molecule has 1 fully saturated rings. The molecule has 5 nitrogen and oxygen atoms in total. The van der Waals surface area contributed by atoms with Crippen LogP contribution in [0.5, 0.6) is 17.2 Å². The van der Waals surface area contributed by atoms with Gasteiger partial charge in [0.05, 0.1) is 7.11 Å². The summed E-state index contributed by atoms with van der Waals surface area (Å²) in [5.41, 5.74) is 2.47. The maximum absolute atomic E-state index is 10.2. The lowest BCUT2D eigenvalue weighted by Gasteiger charge is -2.50. The van der Waals surface area contributed by atoms with E-state index in [2.05, 4.69) is 36.6 Å². The number of thiocarbonyl (C=S) groups is 1. The Morgan fingerprint density at radius 2 is 1.89 bits per heavy atom. The lowest BCUT2D eigenvalue weighted by Crippen LogP contribution is -2.69. The molecular weight excluding hydrogens is 372 g/mol. The summed E-state index contributed by atoms with van der Waals surface area (Å²) in [4.78, 5) is 0. The zero-order valence-corrected chi connectivity index (χ0v) is 17.4. The molecule has 0 amide bonds. The monoisotopic (exact) mass is 398 g/mol. The van der Waals surface area contributed by atoms with Crippen molar-refractivity contribution in [1.82, 2.24) is 10.6 Å². The van der Waals surface area contributed by atoms with Crippen LogP contribution in [0.15, 0.2) is 36.4 Å². The Labute approximate surface area is 171 Å². The number of aryl methyl sites for hydroxylation is 1. The molecule has 6 heteroatoms. The molecule has 2 heterocycles. The quantitative estimate of drug-likeness (QED) is 0.666. The molecule has 0 aliphatic carbocycles. The molecule has 2 atom stereocenters. The molecular formula is C22H26N2O3S. The Kier molecular flexibility index (Phi) is 4.42. The summed E-state index contributed by atoms with van der Waals surface area (Å²) in [6, 6.07) is 11.7. The number of fused-ring (bicyclic) bond motifs is 1. The summed E-state index contributed by atoms with van der Waals surface area (Å²) in [5, 5.41) is 17.5. The van der Waals surface area contributed by atoms with Crippen LogP contribution in [0.2, 0.25) is 0 Å². The third-order valence-corrected chi connectivity index (χ3v) is 5.76. The van der Waals surface area contributed by atoms with Crippen molar-refractivity contribution in [3.63, 3.8) is 0 Å². The Balaban J connectivity index is 1.83. The molecule has 0 radical (unpaired) electrons. The predicted octanol–water partition coefficient (Wildman–Crippen LogP) is 3.97. The molecule has 0 aromatic heterocycles. The smallest absolute Gasteiger partial charge is 0.185 e. The van der Waals surface area contributed by atoms with E-state index in [1.54, 1.807) is 19.2 Å². The first kappa shape index (κ1) is 18.9. The van der Waals surface area contributed by atoms with E-state index in [0.29, 0.717) is 10.9 Å². The number of methoxy groups -OCH3 is 1. The van der Waals surface area contributed by atoms with Gasteiger partial charge in [0.2, 0.25) is 0 Å². The molecule has 0 bridgehead atoms. The van der Waals surface area contributed by atoms with E-state index in [1.807, 2.05) is 19.1 Å². The fraction of sp³-hybridized carbons (Fsp3) is 0.409. The van der Waals surface area contributed by atoms with Gasteiger partial charge in [-0.05, 0) is 62.3 Å². The Bertz CT molecular complexity index is 926. The van der Waals surface area contributed by atoms with E-state index in [9.17, 15) is 5.11 Å². The van der Waals surface area contributed by atoms with E-state index >= 15 is 0 Å². The van der Waals surface area contributed by atoms with Gasteiger partial charge in [-0.1, -0.05) is 12.1 Å². The minimum absolute atomic E-state index is 0.111. The number of ether oxygens (including phenoxy) is 2. The van der Waals surface area contributed by atoms with E-state index in [-0.39, 0.29) is 17.2 Å². The second kappa shape index (κ2) is 6.55. The van der Waals surface area contributed by atoms with Gasteiger partial charge >= 0.3 is 0 Å². The number of nitrogens with one attached hydrogen (secondary N) is 2. The van der Waals surface area contributed by atoms with E-state index in [0.717, 1.165) is 29.7 Å². The molecule has 0 saturated carbocycles. The number of phenols is 1. The van der Waals surface area contributed by atoms with Crippen LogP contribution in [-0.2, 0) is 0 Å². The molecule has 28 heavy (non-hydrogen) atoms. The van der Waals surface area contributed by atoms with Crippen molar-refractivity contribution >= 4 is 17.3 Å². The van der Waals surface area contributed by atoms with E-state index in [4.69, 9.17) is 21.7 Å². The van der Waals surface area contributed by atoms with Crippen molar-refractivity contribution < 1.29 is 14.6 Å². The van der Waals surface area contributed by atoms with Crippen molar-refractivity contribution in [3.05, 3.63) is 53.1 Å². The van der Waals surface area contributed by atoms with Crippen molar-refractivity contribution in [2.75, 3.05) is 7.11 Å². The van der Waals surface area contributed by atoms with Crippen molar-refractivity contribution in [2.45, 2.75) is 50.8 Å². The van der Waals surface area contributed by atoms with Gasteiger partial charge in [0.1, 0.15) is 17.2 Å². The van der Waals surface area contributed by atoms with Crippen LogP contribution in [0, 0.1) is 6.92 Å². The number of phenolic OH excluding ortho intramolecular Hbond substituents is 1. The first-order valence-corrected chi connectivity index (χ1v) is 9.88. The molecule has 3 N–H and O–H groups in total. The van der Waals surface area contributed by atoms with Gasteiger partial charge in [0.15, 0.2) is 10.8 Å². The second-order valence-corrected chi connectivity index (χ2v) is 8.85. The second-order valence-electron chi connectivity index (χ2n) is 8.44. The van der Waals surface area contributed by atoms with Crippen LogP contribution in [0.3, 0.4) is 0 Å². The SMILES string of the molecule is COc1ccc([C@@H]2C[C@@]3(CC(C)(C)NC(=S)N3)Oc3cc(O)cc(C)c32)cc1. The predicted molar refractivity (Wildman–Crippen MR) is 113 cm³/mol. The molecule has 0 unspecified atom stereocenters. The Morgan fingerprint density at radius 1 is 1.18 bits per heavy atom. The standard InChI is InChI=1S/C22H26N2O3S/c1-13-9-15(25)10-18-19(13)17(14-5-7-16(26-4)8-6-14)11-22(27-18)12-21(2,3)23-20(28)24-22/h5-10,17,25H,11-12H2,1-4H3,(H2,23,24,28)/t17-,22-/m0/s1. The van der Waals surface area contributed by atoms with E-state index in [1.165, 1.54) is 5.56 Å². The highest BCUT2D eigenvalue weighted by atomic mass is 32.1. The number of aromatic hydroxyl groups is 1. The highest BCUT2D eigenvalue weighted by Gasteiger charge is 2.49. The summed E-state index contributed by atoms with van der Waals surface area (Å²) in [6.07, 6.45) is 1.48. The molecule has 2 aromatic carbocycles. The summed E-state index contributed by atoms with van der Waals surface area (Å²) in [6.45, 7) is 6.26. The lowest BCUT2D eigenvalue weighted by atomic mass is 9.76. The van der Waals surface area contributed by atoms with Gasteiger partial charge in [-0.2, -0.15) is 0 Å². The van der Waals surface area contributed by atoms with Gasteiger partial charge < -0.3 is 25.2 Å². The topological polar surface area (TPSA) is 62.8 Å². The average molecular weight is 399 g/mol. The maximum Gasteiger partial charge on any atom is 0.185 e. The zero-order chi connectivity index (χ0) is 20.1. The fourth-order valence-corrected chi connectivity index (χ4v) is 5.08. The van der Waals surface area contributed by atoms with E-state index < -0.39 is 5.72 Å². The number of hydrogen-bond acceptors (Lipinski definition) is 4. The normalized spacial score (nSPS) is 25.3. The third-order valence-electron chi connectivity index (χ3n) is 5.56. The fourth-order valence-electron chi connectivity index (χ4n) is 4.62. The van der Waals surface area contributed by atoms with Crippen LogP contribution in [-0.4, -0.2) is 28.6 Å². The average Bonchev–Trinajstić information content (AvgIpc) is 2.58. The highest BCUT2D eigenvalue weighted by molar-refractivity contribution is 7.80. The Hall–Kier alpha value is -2.47. The molecule has 2 aliphatic rings. The van der Waals surface area contributed by atoms with Crippen molar-refractivity contribution in [2.24, 2.45) is 0 Å². The summed E-state index contributed by atoms with van der Waals surface area (Å²) in [5.74, 6) is 1.85. The van der Waals surface area contributed by atoms with Crippen LogP contribution in [0.1, 0.15) is 49.3 Å². The van der Waals surface area contributed by atoms with Crippen LogP contribution >= 0.6 is 12.2 Å². The zero-order valence-electron chi connectivity index (χ0n) is 16.6. The van der Waals surface area contributed by atoms with Gasteiger partial charge in [0.25, 0.3) is 0 Å². The lowest BCUT2D eigenvalue weighted by molar-refractivity contribution is -0.0130. The highest BCUT2D eigenvalue weighted by Crippen LogP contribution is 2.49. The molecule has 148 valence electrons. The largest absolute Gasteiger partial charge is 0.508 e. The summed E-state index contributed by atoms with van der Waals surface area (Å²) >= 11 is 5.48. The van der Waals surface area contributed by atoms with Crippen LogP contribution in [0.4, 0.5) is 0 Å². The summed E-state index contributed by atoms with van der Waals surface area (Å²) < 4.78 is 11.8. The minimum atomic E-state index is -0.635. The molecule has 4 rings (SSSR count). The minimum Gasteiger partial charge on any atom is -0.508 e. The van der Waals surface area contributed by atoms with Crippen molar-refractivity contribution in [3.8, 4) is 17.2 Å². The first-order chi connectivity index (χ1) is 13.2. The molecule has 1 saturated heterocycles. The molecule has 2 aliphatic heterocycles. The van der Waals surface area contributed by atoms with Crippen LogP contribution in [0.25, 0.3) is 0 Å². The van der Waals surface area contributed by atoms with Crippen molar-refractivity contribution in [1.29, 1.82) is 0 Å². The number of benzene rings is 2. The van der Waals surface area contributed by atoms with Gasteiger partial charge in [-0.15, -0.1) is 0 Å². The van der Waals surface area contributed by atoms with Crippen LogP contribution < -0.4 is 20.1 Å². The molecule has 1 spiro atoms. The van der Waals surface area contributed by atoms with Gasteiger partial charge in [-0.3, -0.25) is 0 Å². The first-order valence-electron chi connectivity index (χ1n) is 9.47. The van der Waals surface area contributed by atoms with Gasteiger partial charge in [0, 0.05) is 35.9 Å². The molecule has 2 aromatic rings.